The molecule has 0 radical (unpaired) electrons. The summed E-state index contributed by atoms with van der Waals surface area (Å²) < 4.78 is 27.2. The van der Waals surface area contributed by atoms with Crippen LogP contribution in [0.1, 0.15) is 18.2 Å². The minimum atomic E-state index is -3.54. The van der Waals surface area contributed by atoms with Gasteiger partial charge in [-0.15, -0.1) is 11.3 Å². The number of sulfonamides is 1. The first-order chi connectivity index (χ1) is 9.80. The van der Waals surface area contributed by atoms with Crippen LogP contribution >= 0.6 is 11.3 Å². The van der Waals surface area contributed by atoms with E-state index in [9.17, 15) is 13.2 Å². The summed E-state index contributed by atoms with van der Waals surface area (Å²) in [5, 5.41) is 8.78. The molecule has 1 N–H and O–H groups in total. The second-order valence-electron chi connectivity index (χ2n) is 5.37. The Bertz CT molecular complexity index is 611. The van der Waals surface area contributed by atoms with Gasteiger partial charge in [0.1, 0.15) is 4.21 Å². The lowest BCUT2D eigenvalue weighted by Gasteiger charge is -2.26. The molecule has 1 aliphatic heterocycles. The normalized spacial score (nSPS) is 22.1. The third-order valence-electron chi connectivity index (χ3n) is 3.51. The van der Waals surface area contributed by atoms with Crippen molar-refractivity contribution in [2.75, 3.05) is 26.7 Å². The molecule has 8 heteroatoms. The maximum atomic E-state index is 12.7. The van der Waals surface area contributed by atoms with Crippen LogP contribution in [0.15, 0.2) is 16.3 Å². The first-order valence-corrected chi connectivity index (χ1v) is 9.07. The fourth-order valence-electron chi connectivity index (χ4n) is 2.56. The molecule has 0 spiro atoms. The molecular weight excluding hydrogens is 312 g/mol. The molecule has 1 fully saturated rings. The molecule has 0 amide bonds. The van der Waals surface area contributed by atoms with Gasteiger partial charge in [-0.2, -0.15) is 4.31 Å². The molecule has 2 heterocycles. The van der Waals surface area contributed by atoms with E-state index in [1.807, 2.05) is 14.0 Å². The maximum Gasteiger partial charge on any atom is 0.308 e. The molecule has 0 aliphatic carbocycles. The molecule has 1 saturated heterocycles. The van der Waals surface area contributed by atoms with Crippen molar-refractivity contribution < 1.29 is 18.3 Å². The van der Waals surface area contributed by atoms with Gasteiger partial charge < -0.3 is 10.0 Å². The summed E-state index contributed by atoms with van der Waals surface area (Å²) >= 11 is 1.05. The lowest BCUT2D eigenvalue weighted by molar-refractivity contribution is -0.136. The van der Waals surface area contributed by atoms with Crippen molar-refractivity contribution in [2.24, 2.45) is 0 Å². The first-order valence-electron chi connectivity index (χ1n) is 6.81. The van der Waals surface area contributed by atoms with E-state index in [4.69, 9.17) is 5.11 Å². The van der Waals surface area contributed by atoms with Gasteiger partial charge in [0, 0.05) is 24.0 Å². The second-order valence-corrected chi connectivity index (χ2v) is 8.66. The minimum absolute atomic E-state index is 0.0903. The van der Waals surface area contributed by atoms with Gasteiger partial charge in [-0.3, -0.25) is 4.79 Å². The average molecular weight is 332 g/mol. The van der Waals surface area contributed by atoms with Gasteiger partial charge in [0.05, 0.1) is 6.42 Å². The zero-order valence-electron chi connectivity index (χ0n) is 12.2. The quantitative estimate of drug-likeness (QED) is 0.893. The lowest BCUT2D eigenvalue weighted by atomic mass is 10.3. The second kappa shape index (κ2) is 6.43. The smallest absolute Gasteiger partial charge is 0.308 e. The van der Waals surface area contributed by atoms with Gasteiger partial charge in [-0.1, -0.05) is 0 Å². The van der Waals surface area contributed by atoms with E-state index in [1.54, 1.807) is 6.07 Å². The zero-order valence-corrected chi connectivity index (χ0v) is 13.8. The number of hydrogen-bond acceptors (Lipinski definition) is 5. The standard InChI is InChI=1S/C13H20N2O4S2/c1-10-9-14(2)6-3-7-15(10)21(18,19)13-5-4-11(20-13)8-12(16)17/h4-5,10H,3,6-9H2,1-2H3,(H,16,17). The lowest BCUT2D eigenvalue weighted by Crippen LogP contribution is -2.41. The Labute approximate surface area is 129 Å². The van der Waals surface area contributed by atoms with Crippen LogP contribution in [0.2, 0.25) is 0 Å². The molecule has 1 aromatic heterocycles. The third kappa shape index (κ3) is 3.82. The molecule has 1 unspecified atom stereocenters. The van der Waals surface area contributed by atoms with Crippen LogP contribution in [0.4, 0.5) is 0 Å². The average Bonchev–Trinajstić information content (AvgIpc) is 2.75. The molecule has 21 heavy (non-hydrogen) atoms. The highest BCUT2D eigenvalue weighted by atomic mass is 32.2. The summed E-state index contributed by atoms with van der Waals surface area (Å²) in [6.07, 6.45) is 0.659. The van der Waals surface area contributed by atoms with Gasteiger partial charge >= 0.3 is 5.97 Å². The number of rotatable bonds is 4. The van der Waals surface area contributed by atoms with Gasteiger partial charge in [-0.05, 0) is 39.1 Å². The van der Waals surface area contributed by atoms with E-state index in [1.165, 1.54) is 10.4 Å². The molecule has 1 aliphatic rings. The number of nitrogens with zero attached hydrogens (tertiary/aromatic N) is 2. The van der Waals surface area contributed by atoms with Crippen molar-refractivity contribution in [2.45, 2.75) is 30.0 Å². The number of carboxylic acid groups (broad SMARTS) is 1. The van der Waals surface area contributed by atoms with Crippen LogP contribution in [0.5, 0.6) is 0 Å². The number of carbonyl (C=O) groups is 1. The van der Waals surface area contributed by atoms with E-state index in [2.05, 4.69) is 4.90 Å². The fraction of sp³-hybridized carbons (Fsp3) is 0.615. The van der Waals surface area contributed by atoms with Crippen LogP contribution in [-0.4, -0.2) is 61.4 Å². The number of hydrogen-bond donors (Lipinski definition) is 1. The van der Waals surface area contributed by atoms with Crippen molar-refractivity contribution in [3.05, 3.63) is 17.0 Å². The summed E-state index contributed by atoms with van der Waals surface area (Å²) in [7, 11) is -1.55. The maximum absolute atomic E-state index is 12.7. The third-order valence-corrected chi connectivity index (χ3v) is 7.08. The Morgan fingerprint density at radius 3 is 2.81 bits per heavy atom. The topological polar surface area (TPSA) is 77.9 Å². The van der Waals surface area contributed by atoms with Gasteiger partial charge in [0.25, 0.3) is 10.0 Å². The molecule has 6 nitrogen and oxygen atoms in total. The number of thiophene rings is 1. The van der Waals surface area contributed by atoms with Crippen molar-refractivity contribution in [3.63, 3.8) is 0 Å². The summed E-state index contributed by atoms with van der Waals surface area (Å²) in [4.78, 5) is 13.4. The fourth-order valence-corrected chi connectivity index (χ4v) is 5.70. The van der Waals surface area contributed by atoms with E-state index in [0.717, 1.165) is 24.3 Å². The molecule has 0 bridgehead atoms. The van der Waals surface area contributed by atoms with Gasteiger partial charge in [0.15, 0.2) is 0 Å². The molecule has 118 valence electrons. The Kier molecular flexibility index (Phi) is 5.03. The van der Waals surface area contributed by atoms with Crippen molar-refractivity contribution in [1.82, 2.24) is 9.21 Å². The van der Waals surface area contributed by atoms with Crippen LogP contribution in [0.3, 0.4) is 0 Å². The van der Waals surface area contributed by atoms with Crippen LogP contribution < -0.4 is 0 Å². The van der Waals surface area contributed by atoms with E-state index < -0.39 is 16.0 Å². The van der Waals surface area contributed by atoms with E-state index in [0.29, 0.717) is 18.0 Å². The molecule has 0 aromatic carbocycles. The van der Waals surface area contributed by atoms with Crippen LogP contribution in [-0.2, 0) is 21.2 Å². The Morgan fingerprint density at radius 1 is 1.43 bits per heavy atom. The number of carboxylic acids is 1. The highest BCUT2D eigenvalue weighted by Gasteiger charge is 2.32. The molecular formula is C13H20N2O4S2. The minimum Gasteiger partial charge on any atom is -0.481 e. The van der Waals surface area contributed by atoms with Crippen molar-refractivity contribution in [1.29, 1.82) is 0 Å². The highest BCUT2D eigenvalue weighted by molar-refractivity contribution is 7.91. The Hall–Kier alpha value is -0.960. The monoisotopic (exact) mass is 332 g/mol. The summed E-state index contributed by atoms with van der Waals surface area (Å²) in [6.45, 7) is 3.99. The van der Waals surface area contributed by atoms with Crippen LogP contribution in [0.25, 0.3) is 0 Å². The number of aliphatic carboxylic acids is 1. The predicted molar refractivity (Wildman–Crippen MR) is 81.1 cm³/mol. The molecule has 1 atom stereocenters. The molecule has 2 rings (SSSR count). The molecule has 1 aromatic rings. The number of likely N-dealkylation sites (N-methyl/N-ethyl adjacent to an activating group) is 1. The van der Waals surface area contributed by atoms with Crippen molar-refractivity contribution in [3.8, 4) is 0 Å². The SMILES string of the molecule is CC1CN(C)CCCN1S(=O)(=O)c1ccc(CC(=O)O)s1. The van der Waals surface area contributed by atoms with E-state index >= 15 is 0 Å². The van der Waals surface area contributed by atoms with E-state index in [-0.39, 0.29) is 16.7 Å². The highest BCUT2D eigenvalue weighted by Crippen LogP contribution is 2.27. The predicted octanol–water partition coefficient (Wildman–Crippen LogP) is 1.09. The first kappa shape index (κ1) is 16.4. The zero-order chi connectivity index (χ0) is 15.6. The van der Waals surface area contributed by atoms with Crippen LogP contribution in [0, 0.1) is 0 Å². The van der Waals surface area contributed by atoms with Gasteiger partial charge in [0.2, 0.25) is 0 Å². The van der Waals surface area contributed by atoms with Gasteiger partial charge in [-0.25, -0.2) is 8.42 Å². The summed E-state index contributed by atoms with van der Waals surface area (Å²) in [6, 6.07) is 3.01. The Morgan fingerprint density at radius 2 is 2.14 bits per heavy atom. The largest absolute Gasteiger partial charge is 0.481 e. The van der Waals surface area contributed by atoms with Crippen molar-refractivity contribution >= 4 is 27.3 Å². The summed E-state index contributed by atoms with van der Waals surface area (Å²) in [5.74, 6) is -0.953. The summed E-state index contributed by atoms with van der Waals surface area (Å²) in [5.41, 5.74) is 0. The molecule has 0 saturated carbocycles. The Balaban J connectivity index is 2.24.